The van der Waals surface area contributed by atoms with E-state index >= 15 is 0 Å². The van der Waals surface area contributed by atoms with Crippen LogP contribution in [-0.2, 0) is 0 Å². The summed E-state index contributed by atoms with van der Waals surface area (Å²) in [7, 11) is 0. The molecular weight excluding hydrogens is 411 g/mol. The minimum absolute atomic E-state index is 0.230. The van der Waals surface area contributed by atoms with Crippen molar-refractivity contribution in [2.45, 2.75) is 58.8 Å². The van der Waals surface area contributed by atoms with Gasteiger partial charge >= 0.3 is 5.97 Å². The lowest BCUT2D eigenvalue weighted by atomic mass is 9.92. The number of hydrogen-bond donors (Lipinski definition) is 1. The van der Waals surface area contributed by atoms with Crippen molar-refractivity contribution in [1.29, 1.82) is 0 Å². The standard InChI is InChI=1S/C26H31FO5/c1-17-18(2)25(12-10-21(17)24(28)15-19-7-3-4-8-19)32-14-6-5-13-31-20-9-11-23(27)22(16-20)26(29)30/h9-12,16,19H,3-8,13-15H2,1-2H3,(H,29,30). The highest BCUT2D eigenvalue weighted by molar-refractivity contribution is 5.98. The molecule has 2 aromatic rings. The Morgan fingerprint density at radius 2 is 1.66 bits per heavy atom. The third-order valence-corrected chi connectivity index (χ3v) is 6.22. The number of unbranched alkanes of at least 4 members (excludes halogenated alkanes) is 1. The van der Waals surface area contributed by atoms with Crippen LogP contribution in [0.5, 0.6) is 11.5 Å². The van der Waals surface area contributed by atoms with E-state index in [9.17, 15) is 14.0 Å². The van der Waals surface area contributed by atoms with Crippen LogP contribution in [0.3, 0.4) is 0 Å². The maximum absolute atomic E-state index is 13.4. The fourth-order valence-corrected chi connectivity index (χ4v) is 4.18. The molecule has 1 N–H and O–H groups in total. The first-order chi connectivity index (χ1) is 15.4. The smallest absolute Gasteiger partial charge is 0.338 e. The largest absolute Gasteiger partial charge is 0.494 e. The van der Waals surface area contributed by atoms with Crippen LogP contribution in [-0.4, -0.2) is 30.1 Å². The van der Waals surface area contributed by atoms with Crippen LogP contribution in [0, 0.1) is 25.6 Å². The third-order valence-electron chi connectivity index (χ3n) is 6.22. The van der Waals surface area contributed by atoms with Crippen molar-refractivity contribution in [3.8, 4) is 11.5 Å². The van der Waals surface area contributed by atoms with E-state index in [1.54, 1.807) is 0 Å². The van der Waals surface area contributed by atoms with Crippen LogP contribution in [0.4, 0.5) is 4.39 Å². The van der Waals surface area contributed by atoms with Gasteiger partial charge in [-0.3, -0.25) is 4.79 Å². The Morgan fingerprint density at radius 1 is 0.969 bits per heavy atom. The van der Waals surface area contributed by atoms with Crippen LogP contribution in [0.15, 0.2) is 30.3 Å². The molecule has 1 aliphatic rings. The number of carbonyl (C=O) groups excluding carboxylic acids is 1. The minimum atomic E-state index is -1.32. The number of aromatic carboxylic acids is 1. The molecular formula is C26H31FO5. The van der Waals surface area contributed by atoms with E-state index in [-0.39, 0.29) is 5.78 Å². The number of carboxylic acids is 1. The van der Waals surface area contributed by atoms with Gasteiger partial charge in [-0.1, -0.05) is 25.7 Å². The molecule has 0 spiro atoms. The van der Waals surface area contributed by atoms with E-state index in [0.717, 1.165) is 47.8 Å². The summed E-state index contributed by atoms with van der Waals surface area (Å²) in [6.45, 7) is 4.84. The Labute approximate surface area is 188 Å². The minimum Gasteiger partial charge on any atom is -0.494 e. The summed E-state index contributed by atoms with van der Waals surface area (Å²) in [6, 6.07) is 7.46. The number of halogens is 1. The van der Waals surface area contributed by atoms with Gasteiger partial charge in [0.2, 0.25) is 0 Å². The maximum atomic E-state index is 13.4. The molecule has 0 heterocycles. The molecule has 1 aliphatic carbocycles. The SMILES string of the molecule is Cc1c(OCCCCOc2ccc(F)c(C(=O)O)c2)ccc(C(=O)CC2CCCC2)c1C. The van der Waals surface area contributed by atoms with Crippen LogP contribution in [0.1, 0.15) is 76.8 Å². The monoisotopic (exact) mass is 442 g/mol. The molecule has 1 saturated carbocycles. The molecule has 0 amide bonds. The summed E-state index contributed by atoms with van der Waals surface area (Å²) in [5.41, 5.74) is 2.38. The Morgan fingerprint density at radius 3 is 2.34 bits per heavy atom. The molecule has 6 heteroatoms. The van der Waals surface area contributed by atoms with Crippen LogP contribution in [0.2, 0.25) is 0 Å². The van der Waals surface area contributed by atoms with E-state index in [4.69, 9.17) is 14.6 Å². The van der Waals surface area contributed by atoms with Crippen LogP contribution in [0.25, 0.3) is 0 Å². The van der Waals surface area contributed by atoms with Gasteiger partial charge < -0.3 is 14.6 Å². The molecule has 0 aliphatic heterocycles. The second-order valence-electron chi connectivity index (χ2n) is 8.49. The van der Waals surface area contributed by atoms with E-state index in [1.165, 1.54) is 25.0 Å². The number of carbonyl (C=O) groups is 2. The summed E-state index contributed by atoms with van der Waals surface area (Å²) < 4.78 is 24.9. The first kappa shape index (κ1) is 23.8. The number of Topliss-reactive ketones (excluding diaryl/α,β-unsaturated/α-hetero) is 1. The third kappa shape index (κ3) is 6.09. The van der Waals surface area contributed by atoms with E-state index in [1.807, 2.05) is 26.0 Å². The lowest BCUT2D eigenvalue weighted by molar-refractivity contribution is 0.0691. The molecule has 172 valence electrons. The molecule has 32 heavy (non-hydrogen) atoms. The van der Waals surface area contributed by atoms with Gasteiger partial charge in [-0.05, 0) is 74.1 Å². The van der Waals surface area contributed by atoms with Crippen LogP contribution >= 0.6 is 0 Å². The van der Waals surface area contributed by atoms with Gasteiger partial charge in [-0.25, -0.2) is 9.18 Å². The molecule has 0 radical (unpaired) electrons. The molecule has 3 rings (SSSR count). The van der Waals surface area contributed by atoms with Crippen molar-refractivity contribution in [3.63, 3.8) is 0 Å². The van der Waals surface area contributed by atoms with Gasteiger partial charge in [0.1, 0.15) is 17.3 Å². The Kier molecular flexibility index (Phi) is 8.26. The zero-order valence-electron chi connectivity index (χ0n) is 18.8. The second-order valence-corrected chi connectivity index (χ2v) is 8.49. The zero-order valence-corrected chi connectivity index (χ0v) is 18.8. The maximum Gasteiger partial charge on any atom is 0.338 e. The van der Waals surface area contributed by atoms with Crippen molar-refractivity contribution in [2.75, 3.05) is 13.2 Å². The second kappa shape index (κ2) is 11.1. The molecule has 0 saturated heterocycles. The summed E-state index contributed by atoms with van der Waals surface area (Å²) in [5, 5.41) is 8.96. The van der Waals surface area contributed by atoms with Gasteiger partial charge in [0.05, 0.1) is 18.8 Å². The predicted octanol–water partition coefficient (Wildman–Crippen LogP) is 6.14. The van der Waals surface area contributed by atoms with Crippen molar-refractivity contribution in [2.24, 2.45) is 5.92 Å². The van der Waals surface area contributed by atoms with Gasteiger partial charge in [0, 0.05) is 12.0 Å². The lowest BCUT2D eigenvalue weighted by Crippen LogP contribution is -2.09. The normalized spacial score (nSPS) is 13.8. The fourth-order valence-electron chi connectivity index (χ4n) is 4.18. The topological polar surface area (TPSA) is 72.8 Å². The van der Waals surface area contributed by atoms with Gasteiger partial charge in [-0.2, -0.15) is 0 Å². The van der Waals surface area contributed by atoms with Crippen molar-refractivity contribution in [1.82, 2.24) is 0 Å². The Hall–Kier alpha value is -2.89. The summed E-state index contributed by atoms with van der Waals surface area (Å²) in [5.74, 6) is -0.230. The number of hydrogen-bond acceptors (Lipinski definition) is 4. The van der Waals surface area contributed by atoms with Gasteiger partial charge in [-0.15, -0.1) is 0 Å². The highest BCUT2D eigenvalue weighted by Crippen LogP contribution is 2.31. The van der Waals surface area contributed by atoms with Crippen molar-refractivity contribution in [3.05, 3.63) is 58.4 Å². The summed E-state index contributed by atoms with van der Waals surface area (Å²) >= 11 is 0. The molecule has 0 atom stereocenters. The number of ether oxygens (including phenoxy) is 2. The van der Waals surface area contributed by atoms with Crippen molar-refractivity contribution < 1.29 is 28.6 Å². The average Bonchev–Trinajstić information content (AvgIpc) is 3.27. The van der Waals surface area contributed by atoms with E-state index < -0.39 is 17.3 Å². The van der Waals surface area contributed by atoms with E-state index in [0.29, 0.717) is 37.7 Å². The molecule has 0 bridgehead atoms. The Balaban J connectivity index is 1.44. The highest BCUT2D eigenvalue weighted by atomic mass is 19.1. The average molecular weight is 443 g/mol. The number of carboxylic acid groups (broad SMARTS) is 1. The molecule has 0 aromatic heterocycles. The van der Waals surface area contributed by atoms with Gasteiger partial charge in [0.15, 0.2) is 5.78 Å². The van der Waals surface area contributed by atoms with Crippen LogP contribution < -0.4 is 9.47 Å². The van der Waals surface area contributed by atoms with E-state index in [2.05, 4.69) is 0 Å². The number of rotatable bonds is 11. The lowest BCUT2D eigenvalue weighted by Gasteiger charge is -2.15. The summed E-state index contributed by atoms with van der Waals surface area (Å²) in [6.07, 6.45) is 6.89. The molecule has 0 unspecified atom stereocenters. The predicted molar refractivity (Wildman–Crippen MR) is 120 cm³/mol. The molecule has 5 nitrogen and oxygen atoms in total. The molecule has 1 fully saturated rings. The van der Waals surface area contributed by atoms with Gasteiger partial charge in [0.25, 0.3) is 0 Å². The fraction of sp³-hybridized carbons (Fsp3) is 0.462. The first-order valence-corrected chi connectivity index (χ1v) is 11.3. The zero-order chi connectivity index (χ0) is 23.1. The quantitative estimate of drug-likeness (QED) is 0.334. The van der Waals surface area contributed by atoms with Crippen molar-refractivity contribution >= 4 is 11.8 Å². The number of ketones is 1. The number of benzene rings is 2. The summed E-state index contributed by atoms with van der Waals surface area (Å²) in [4.78, 5) is 23.7. The first-order valence-electron chi connectivity index (χ1n) is 11.3. The highest BCUT2D eigenvalue weighted by Gasteiger charge is 2.21. The molecule has 2 aromatic carbocycles. The Bertz CT molecular complexity index is 963.